The Morgan fingerprint density at radius 1 is 1.03 bits per heavy atom. The molecule has 39 heavy (non-hydrogen) atoms. The van der Waals surface area contributed by atoms with Crippen molar-refractivity contribution >= 4 is 16.9 Å². The van der Waals surface area contributed by atoms with Crippen molar-refractivity contribution in [2.45, 2.75) is 31.3 Å². The van der Waals surface area contributed by atoms with E-state index in [0.717, 1.165) is 43.9 Å². The summed E-state index contributed by atoms with van der Waals surface area (Å²) in [6, 6.07) is 15.1. The van der Waals surface area contributed by atoms with E-state index < -0.39 is 0 Å². The summed E-state index contributed by atoms with van der Waals surface area (Å²) in [5, 5.41) is 13.8. The first-order valence-electron chi connectivity index (χ1n) is 14.1. The number of hydrogen-bond donors (Lipinski definition) is 0. The third kappa shape index (κ3) is 3.70. The molecule has 2 aromatic heterocycles. The Morgan fingerprint density at radius 2 is 1.87 bits per heavy atom. The molecule has 7 heterocycles. The van der Waals surface area contributed by atoms with Crippen LogP contribution in [0.3, 0.4) is 0 Å². The second-order valence-corrected chi connectivity index (χ2v) is 12.6. The van der Waals surface area contributed by atoms with Gasteiger partial charge in [-0.2, -0.15) is 10.4 Å². The molecule has 0 aliphatic carbocycles. The molecule has 4 saturated heterocycles. The largest absolute Gasteiger partial charge is 0.370 e. The molecule has 0 bridgehead atoms. The van der Waals surface area contributed by atoms with E-state index >= 15 is 0 Å². The predicted molar refractivity (Wildman–Crippen MR) is 148 cm³/mol. The first kappa shape index (κ1) is 23.7. The summed E-state index contributed by atoms with van der Waals surface area (Å²) in [5.41, 5.74) is 7.08. The van der Waals surface area contributed by atoms with E-state index in [4.69, 9.17) is 9.47 Å². The van der Waals surface area contributed by atoms with Crippen LogP contribution in [-0.4, -0.2) is 97.6 Å². The van der Waals surface area contributed by atoms with Crippen molar-refractivity contribution in [1.82, 2.24) is 19.4 Å². The molecule has 2 spiro atoms. The minimum absolute atomic E-state index is 0.109. The highest BCUT2D eigenvalue weighted by molar-refractivity contribution is 5.74. The smallest absolute Gasteiger partial charge is 0.142 e. The number of fused-ring (bicyclic) bond motifs is 3. The highest BCUT2D eigenvalue weighted by Crippen LogP contribution is 2.46. The summed E-state index contributed by atoms with van der Waals surface area (Å²) < 4.78 is 14.6. The highest BCUT2D eigenvalue weighted by atomic mass is 16.5. The summed E-state index contributed by atoms with van der Waals surface area (Å²) >= 11 is 0. The second-order valence-electron chi connectivity index (χ2n) is 12.6. The zero-order valence-corrected chi connectivity index (χ0v) is 22.7. The van der Waals surface area contributed by atoms with Crippen LogP contribution in [0.2, 0.25) is 0 Å². The third-order valence-corrected chi connectivity index (χ3v) is 9.45. The number of pyridine rings is 1. The van der Waals surface area contributed by atoms with Crippen LogP contribution < -0.4 is 9.80 Å². The number of anilines is 2. The number of aromatic nitrogens is 2. The molecule has 4 fully saturated rings. The number of rotatable bonds is 4. The quantitative estimate of drug-likeness (QED) is 0.514. The van der Waals surface area contributed by atoms with E-state index in [0.29, 0.717) is 17.7 Å². The van der Waals surface area contributed by atoms with E-state index in [-0.39, 0.29) is 17.8 Å². The van der Waals surface area contributed by atoms with E-state index in [9.17, 15) is 5.26 Å². The number of nitrogens with zero attached hydrogens (tertiary/aromatic N) is 7. The number of benzene rings is 1. The summed E-state index contributed by atoms with van der Waals surface area (Å²) in [5.74, 6) is 0. The van der Waals surface area contributed by atoms with Crippen molar-refractivity contribution in [2.24, 2.45) is 5.41 Å². The lowest BCUT2D eigenvalue weighted by Gasteiger charge is -2.60. The van der Waals surface area contributed by atoms with Crippen LogP contribution in [0.15, 0.2) is 42.6 Å². The van der Waals surface area contributed by atoms with Gasteiger partial charge in [0.25, 0.3) is 0 Å². The number of nitriles is 1. The Labute approximate surface area is 229 Å². The van der Waals surface area contributed by atoms with Gasteiger partial charge in [0.05, 0.1) is 36.2 Å². The van der Waals surface area contributed by atoms with Crippen molar-refractivity contribution in [3.05, 3.63) is 59.4 Å². The van der Waals surface area contributed by atoms with Crippen LogP contribution >= 0.6 is 0 Å². The lowest BCUT2D eigenvalue weighted by atomic mass is 9.73. The van der Waals surface area contributed by atoms with Gasteiger partial charge in [-0.15, -0.1) is 0 Å². The molecule has 5 aliphatic heterocycles. The third-order valence-electron chi connectivity index (χ3n) is 9.45. The molecule has 2 unspecified atom stereocenters. The zero-order valence-electron chi connectivity index (χ0n) is 22.7. The van der Waals surface area contributed by atoms with Crippen molar-refractivity contribution in [3.63, 3.8) is 0 Å². The van der Waals surface area contributed by atoms with Gasteiger partial charge in [0, 0.05) is 70.0 Å². The topological polar surface area (TPSA) is 72.5 Å². The summed E-state index contributed by atoms with van der Waals surface area (Å²) in [4.78, 5) is 9.81. The Morgan fingerprint density at radius 3 is 2.67 bits per heavy atom. The Balaban J connectivity index is 0.922. The number of likely N-dealkylation sites (tertiary alicyclic amines) is 2. The summed E-state index contributed by atoms with van der Waals surface area (Å²) in [7, 11) is 2.22. The molecule has 1 aromatic carbocycles. The summed E-state index contributed by atoms with van der Waals surface area (Å²) in [6.45, 7) is 12.0. The van der Waals surface area contributed by atoms with Crippen molar-refractivity contribution in [1.29, 1.82) is 5.26 Å². The molecular formula is C30H35N7O2. The van der Waals surface area contributed by atoms with Crippen LogP contribution in [-0.2, 0) is 21.7 Å². The predicted octanol–water partition coefficient (Wildman–Crippen LogP) is 2.29. The van der Waals surface area contributed by atoms with Crippen molar-refractivity contribution < 1.29 is 9.47 Å². The van der Waals surface area contributed by atoms with Crippen LogP contribution in [0.25, 0.3) is 5.52 Å². The van der Waals surface area contributed by atoms with Crippen molar-refractivity contribution in [2.75, 3.05) is 75.8 Å². The fraction of sp³-hybridized carbons (Fsp3) is 0.533. The maximum atomic E-state index is 9.45. The summed E-state index contributed by atoms with van der Waals surface area (Å²) in [6.07, 6.45) is 1.99. The Bertz CT molecular complexity index is 1470. The first-order chi connectivity index (χ1) is 18.9. The minimum Gasteiger partial charge on any atom is -0.370 e. The monoisotopic (exact) mass is 525 g/mol. The molecule has 202 valence electrons. The number of hydrogen-bond acceptors (Lipinski definition) is 8. The molecule has 0 N–H and O–H groups in total. The van der Waals surface area contributed by atoms with Gasteiger partial charge in [0.1, 0.15) is 17.4 Å². The van der Waals surface area contributed by atoms with Crippen LogP contribution in [0.1, 0.15) is 23.7 Å². The van der Waals surface area contributed by atoms with Crippen LogP contribution in [0.5, 0.6) is 0 Å². The van der Waals surface area contributed by atoms with Gasteiger partial charge in [0.2, 0.25) is 0 Å². The molecule has 2 atom stereocenters. The van der Waals surface area contributed by atoms with Crippen LogP contribution in [0.4, 0.5) is 11.4 Å². The molecule has 0 radical (unpaired) electrons. The minimum atomic E-state index is -0.169. The van der Waals surface area contributed by atoms with E-state index in [1.165, 1.54) is 43.0 Å². The van der Waals surface area contributed by atoms with Gasteiger partial charge in [-0.05, 0) is 55.4 Å². The maximum Gasteiger partial charge on any atom is 0.142 e. The second kappa shape index (κ2) is 8.42. The van der Waals surface area contributed by atoms with Gasteiger partial charge in [-0.3, -0.25) is 4.90 Å². The molecule has 9 heteroatoms. The van der Waals surface area contributed by atoms with Crippen molar-refractivity contribution in [3.8, 4) is 6.07 Å². The molecular weight excluding hydrogens is 490 g/mol. The molecule has 0 saturated carbocycles. The lowest BCUT2D eigenvalue weighted by Crippen LogP contribution is -2.71. The maximum absolute atomic E-state index is 9.45. The van der Waals surface area contributed by atoms with Gasteiger partial charge >= 0.3 is 0 Å². The lowest BCUT2D eigenvalue weighted by molar-refractivity contribution is -0.155. The van der Waals surface area contributed by atoms with Crippen LogP contribution in [0, 0.1) is 16.7 Å². The van der Waals surface area contributed by atoms with E-state index in [1.54, 1.807) is 10.7 Å². The van der Waals surface area contributed by atoms with Gasteiger partial charge in [-0.1, -0.05) is 6.07 Å². The average Bonchev–Trinajstić information content (AvgIpc) is 3.50. The Hall–Kier alpha value is -3.16. The van der Waals surface area contributed by atoms with Gasteiger partial charge in [0.15, 0.2) is 0 Å². The number of morpholine rings is 1. The molecule has 0 amide bonds. The SMILES string of the molecule is CC1CN(c2ccc(C#N)n3nccc23)CC(CN2CC3(C2)OCc2cc(N4CC5(CN(C)C5)C4)ccc23)O1. The first-order valence-corrected chi connectivity index (χ1v) is 14.1. The van der Waals surface area contributed by atoms with Gasteiger partial charge in [-0.25, -0.2) is 4.52 Å². The number of ether oxygens (including phenoxy) is 2. The fourth-order valence-corrected chi connectivity index (χ4v) is 7.93. The molecule has 9 nitrogen and oxygen atoms in total. The Kier molecular flexibility index (Phi) is 5.12. The normalized spacial score (nSPS) is 27.3. The fourth-order valence-electron chi connectivity index (χ4n) is 7.93. The van der Waals surface area contributed by atoms with E-state index in [1.807, 2.05) is 18.2 Å². The average molecular weight is 526 g/mol. The van der Waals surface area contributed by atoms with Gasteiger partial charge < -0.3 is 24.2 Å². The highest BCUT2D eigenvalue weighted by Gasteiger charge is 2.52. The molecule has 5 aliphatic rings. The zero-order chi connectivity index (χ0) is 26.4. The van der Waals surface area contributed by atoms with E-state index in [2.05, 4.69) is 62.9 Å². The standard InChI is InChI=1S/C30H35N7O2/c1-21-11-35(27-6-4-24(10-31)37-28(27)7-8-32-37)13-25(39-21)12-34-19-30(20-34)26-5-3-23(9-22(26)14-38-30)36-17-29(18-36)15-33(2)16-29/h3-9,21,25H,11-20H2,1-2H3. The molecule has 8 rings (SSSR count). The molecule has 3 aromatic rings.